The van der Waals surface area contributed by atoms with Crippen LogP contribution in [0.3, 0.4) is 0 Å². The maximum absolute atomic E-state index is 12.2. The molecule has 3 N–H and O–H groups in total. The van der Waals surface area contributed by atoms with Gasteiger partial charge in [0.15, 0.2) is 5.82 Å². The van der Waals surface area contributed by atoms with Crippen LogP contribution in [0.1, 0.15) is 65.9 Å². The highest BCUT2D eigenvalue weighted by Crippen LogP contribution is 2.33. The van der Waals surface area contributed by atoms with E-state index in [9.17, 15) is 9.90 Å². The van der Waals surface area contributed by atoms with Crippen LogP contribution in [0.25, 0.3) is 11.3 Å². The van der Waals surface area contributed by atoms with E-state index in [1.807, 2.05) is 40.7 Å². The van der Waals surface area contributed by atoms with Gasteiger partial charge in [-0.25, -0.2) is 4.79 Å². The van der Waals surface area contributed by atoms with Crippen molar-refractivity contribution in [3.05, 3.63) is 35.9 Å². The first-order valence-corrected chi connectivity index (χ1v) is 12.7. The number of hydrogen-bond donors (Lipinski definition) is 2. The number of aromatic hydroxyl groups is 1. The van der Waals surface area contributed by atoms with E-state index in [1.54, 1.807) is 29.2 Å². The van der Waals surface area contributed by atoms with Crippen LogP contribution in [0, 0.1) is 17.8 Å². The predicted molar refractivity (Wildman–Crippen MR) is 140 cm³/mol. The molecule has 0 unspecified atom stereocenters. The molecule has 0 spiro atoms. The number of aromatic nitrogens is 2. The molecule has 1 saturated heterocycles. The molecule has 0 atom stereocenters. The van der Waals surface area contributed by atoms with Crippen molar-refractivity contribution in [2.24, 2.45) is 5.92 Å². The van der Waals surface area contributed by atoms with E-state index >= 15 is 0 Å². The first-order valence-electron chi connectivity index (χ1n) is 12.7. The van der Waals surface area contributed by atoms with Crippen LogP contribution in [0.2, 0.25) is 0 Å². The second-order valence-corrected chi connectivity index (χ2v) is 9.91. The summed E-state index contributed by atoms with van der Waals surface area (Å²) < 4.78 is 11.7. The van der Waals surface area contributed by atoms with Gasteiger partial charge in [0.25, 0.3) is 0 Å². The molecule has 36 heavy (non-hydrogen) atoms. The number of nitrogens with two attached hydrogens (primary N) is 1. The van der Waals surface area contributed by atoms with Crippen LogP contribution in [0.4, 0.5) is 10.6 Å². The lowest BCUT2D eigenvalue weighted by atomic mass is 9.82. The molecule has 8 heteroatoms. The molecule has 2 aromatic rings. The van der Waals surface area contributed by atoms with Gasteiger partial charge in [0.05, 0.1) is 23.5 Å². The van der Waals surface area contributed by atoms with Gasteiger partial charge in [-0.15, -0.1) is 10.2 Å². The van der Waals surface area contributed by atoms with E-state index in [2.05, 4.69) is 22.0 Å². The number of phenols is 1. The molecule has 4 rings (SSSR count). The molecular weight excluding hydrogens is 456 g/mol. The van der Waals surface area contributed by atoms with Gasteiger partial charge in [-0.1, -0.05) is 37.8 Å². The Morgan fingerprint density at radius 2 is 1.78 bits per heavy atom. The van der Waals surface area contributed by atoms with Crippen molar-refractivity contribution in [2.45, 2.75) is 78.1 Å². The van der Waals surface area contributed by atoms with Crippen molar-refractivity contribution in [1.82, 2.24) is 15.1 Å². The van der Waals surface area contributed by atoms with E-state index < -0.39 is 5.60 Å². The zero-order chi connectivity index (χ0) is 26.3. The molecule has 1 saturated carbocycles. The Bertz CT molecular complexity index is 1090. The molecule has 1 aliphatic heterocycles. The van der Waals surface area contributed by atoms with E-state index in [4.69, 9.17) is 15.2 Å². The highest BCUT2D eigenvalue weighted by molar-refractivity contribution is 5.69. The molecule has 1 amide bonds. The minimum absolute atomic E-state index is 0.136. The molecule has 0 radical (unpaired) electrons. The summed E-state index contributed by atoms with van der Waals surface area (Å²) in [6.45, 7) is 10.9. The van der Waals surface area contributed by atoms with Gasteiger partial charge in [-0.05, 0) is 64.7 Å². The van der Waals surface area contributed by atoms with Gasteiger partial charge in [-0.2, -0.15) is 0 Å². The number of likely N-dealkylation sites (tertiary alicyclic amines) is 1. The van der Waals surface area contributed by atoms with Gasteiger partial charge in [0.2, 0.25) is 0 Å². The zero-order valence-corrected chi connectivity index (χ0v) is 22.0. The lowest BCUT2D eigenvalue weighted by Gasteiger charge is -2.38. The lowest BCUT2D eigenvalue weighted by Crippen LogP contribution is -2.45. The van der Waals surface area contributed by atoms with Crippen molar-refractivity contribution in [1.29, 1.82) is 0 Å². The quantitative estimate of drug-likeness (QED) is 0.577. The number of piperidine rings is 1. The fraction of sp³-hybridized carbons (Fsp3) is 0.536. The second kappa shape index (κ2) is 12.1. The molecule has 2 heterocycles. The number of phenolic OH excluding ortho intramolecular Hbond substituents is 1. The molecule has 2 aliphatic rings. The Labute approximate surface area is 214 Å². The molecule has 2 fully saturated rings. The van der Waals surface area contributed by atoms with Crippen molar-refractivity contribution in [3.63, 3.8) is 0 Å². The Hall–Kier alpha value is -3.31. The SMILES string of the molecule is CC.CC(C)(C)OC(=O)N1CCC(OC2CC(C#Cc3cc(-c4ccccc4O)nnc3N)C2)CC1. The molecule has 1 aromatic heterocycles. The van der Waals surface area contributed by atoms with Crippen LogP contribution in [-0.4, -0.2) is 57.2 Å². The van der Waals surface area contributed by atoms with Crippen molar-refractivity contribution < 1.29 is 19.4 Å². The number of carbonyl (C=O) groups excluding carboxylic acids is 1. The molecule has 1 aliphatic carbocycles. The van der Waals surface area contributed by atoms with Crippen molar-refractivity contribution >= 4 is 11.9 Å². The summed E-state index contributed by atoms with van der Waals surface area (Å²) in [5.41, 5.74) is 7.22. The molecular formula is C28H38N4O4. The first kappa shape index (κ1) is 27.3. The third kappa shape index (κ3) is 7.34. The van der Waals surface area contributed by atoms with Gasteiger partial charge < -0.3 is 25.2 Å². The van der Waals surface area contributed by atoms with Crippen LogP contribution in [0.15, 0.2) is 30.3 Å². The summed E-state index contributed by atoms with van der Waals surface area (Å²) in [5.74, 6) is 7.06. The minimum Gasteiger partial charge on any atom is -0.507 e. The number of rotatable bonds is 3. The average molecular weight is 495 g/mol. The fourth-order valence-electron chi connectivity index (χ4n) is 4.07. The minimum atomic E-state index is -0.478. The molecule has 0 bridgehead atoms. The maximum Gasteiger partial charge on any atom is 0.410 e. The van der Waals surface area contributed by atoms with Crippen LogP contribution in [-0.2, 0) is 9.47 Å². The topological polar surface area (TPSA) is 111 Å². The number of amides is 1. The van der Waals surface area contributed by atoms with Gasteiger partial charge in [-0.3, -0.25) is 0 Å². The zero-order valence-electron chi connectivity index (χ0n) is 22.0. The largest absolute Gasteiger partial charge is 0.507 e. The Morgan fingerprint density at radius 1 is 1.11 bits per heavy atom. The summed E-state index contributed by atoms with van der Waals surface area (Å²) in [5, 5.41) is 18.2. The maximum atomic E-state index is 12.2. The number of benzene rings is 1. The number of nitrogens with zero attached hydrogens (tertiary/aromatic N) is 3. The molecule has 1 aromatic carbocycles. The number of hydrogen-bond acceptors (Lipinski definition) is 7. The standard InChI is InChI=1S/C26H32N4O4.C2H6/c1-26(2,3)34-25(32)30-12-10-19(11-13-30)33-20-14-17(15-20)8-9-18-16-22(28-29-24(18)27)21-6-4-5-7-23(21)31;1-2/h4-7,16-17,19-20,31H,10-15H2,1-3H3,(H2,27,29);1-2H3. The van der Waals surface area contributed by atoms with E-state index in [1.165, 1.54) is 0 Å². The number of anilines is 1. The summed E-state index contributed by atoms with van der Waals surface area (Å²) in [6.07, 6.45) is 3.51. The van der Waals surface area contributed by atoms with E-state index in [0.29, 0.717) is 29.9 Å². The van der Waals surface area contributed by atoms with E-state index in [0.717, 1.165) is 25.7 Å². The first-order chi connectivity index (χ1) is 17.2. The highest BCUT2D eigenvalue weighted by atomic mass is 16.6. The summed E-state index contributed by atoms with van der Waals surface area (Å²) in [7, 11) is 0. The molecule has 8 nitrogen and oxygen atoms in total. The average Bonchev–Trinajstić information content (AvgIpc) is 2.82. The number of carbonyl (C=O) groups is 1. The van der Waals surface area contributed by atoms with Crippen LogP contribution < -0.4 is 5.73 Å². The monoisotopic (exact) mass is 494 g/mol. The van der Waals surface area contributed by atoms with Crippen molar-refractivity contribution in [2.75, 3.05) is 18.8 Å². The highest BCUT2D eigenvalue weighted by Gasteiger charge is 2.33. The normalized spacial score (nSPS) is 19.8. The van der Waals surface area contributed by atoms with Crippen LogP contribution in [0.5, 0.6) is 5.75 Å². The Morgan fingerprint density at radius 3 is 2.42 bits per heavy atom. The van der Waals surface area contributed by atoms with Gasteiger partial charge >= 0.3 is 6.09 Å². The van der Waals surface area contributed by atoms with Gasteiger partial charge in [0, 0.05) is 24.6 Å². The Kier molecular flexibility index (Phi) is 9.16. The fourth-order valence-corrected chi connectivity index (χ4v) is 4.07. The van der Waals surface area contributed by atoms with Crippen molar-refractivity contribution in [3.8, 4) is 28.8 Å². The number of nitrogen functional groups attached to an aromatic ring is 1. The van der Waals surface area contributed by atoms with Crippen LogP contribution >= 0.6 is 0 Å². The third-order valence-electron chi connectivity index (χ3n) is 5.99. The lowest BCUT2D eigenvalue weighted by molar-refractivity contribution is -0.0848. The Balaban J connectivity index is 0.00000176. The predicted octanol–water partition coefficient (Wildman–Crippen LogP) is 5.00. The third-order valence-corrected chi connectivity index (χ3v) is 5.99. The summed E-state index contributed by atoms with van der Waals surface area (Å²) >= 11 is 0. The smallest absolute Gasteiger partial charge is 0.410 e. The number of ether oxygens (including phenoxy) is 2. The molecule has 194 valence electrons. The summed E-state index contributed by atoms with van der Waals surface area (Å²) in [4.78, 5) is 14.0. The number of para-hydroxylation sites is 1. The second-order valence-electron chi connectivity index (χ2n) is 9.91. The van der Waals surface area contributed by atoms with Gasteiger partial charge in [0.1, 0.15) is 11.4 Å². The summed E-state index contributed by atoms with van der Waals surface area (Å²) in [6, 6.07) is 8.72. The van der Waals surface area contributed by atoms with E-state index in [-0.39, 0.29) is 35.8 Å².